The standard InChI is InChI=1S/C10H15N3O2/c1-14-9-4-8(12-6-13-9)10(11)7-2-3-15-5-7/h4,6-7,10H,2-3,5,11H2,1H3. The molecule has 1 aromatic rings. The van der Waals surface area contributed by atoms with Crippen molar-refractivity contribution in [1.82, 2.24) is 9.97 Å². The Morgan fingerprint density at radius 3 is 3.13 bits per heavy atom. The molecule has 5 nitrogen and oxygen atoms in total. The van der Waals surface area contributed by atoms with E-state index < -0.39 is 0 Å². The van der Waals surface area contributed by atoms with E-state index in [0.29, 0.717) is 18.4 Å². The van der Waals surface area contributed by atoms with Gasteiger partial charge in [0.25, 0.3) is 0 Å². The third kappa shape index (κ3) is 2.24. The number of methoxy groups -OCH3 is 1. The normalized spacial score (nSPS) is 22.7. The molecular formula is C10H15N3O2. The van der Waals surface area contributed by atoms with Crippen LogP contribution in [0.2, 0.25) is 0 Å². The van der Waals surface area contributed by atoms with Crippen LogP contribution in [-0.2, 0) is 4.74 Å². The van der Waals surface area contributed by atoms with Crippen molar-refractivity contribution >= 4 is 0 Å². The first-order valence-electron chi connectivity index (χ1n) is 5.00. The Bertz CT molecular complexity index is 326. The summed E-state index contributed by atoms with van der Waals surface area (Å²) in [5, 5.41) is 0. The number of nitrogens with two attached hydrogens (primary N) is 1. The summed E-state index contributed by atoms with van der Waals surface area (Å²) in [4.78, 5) is 8.11. The SMILES string of the molecule is COc1cc(C(N)C2CCOC2)ncn1. The van der Waals surface area contributed by atoms with Gasteiger partial charge in [0.2, 0.25) is 5.88 Å². The number of nitrogens with zero attached hydrogens (tertiary/aromatic N) is 2. The van der Waals surface area contributed by atoms with E-state index in [1.165, 1.54) is 6.33 Å². The van der Waals surface area contributed by atoms with Crippen molar-refractivity contribution in [3.63, 3.8) is 0 Å². The fourth-order valence-electron chi connectivity index (χ4n) is 1.72. The molecule has 2 unspecified atom stereocenters. The van der Waals surface area contributed by atoms with Crippen LogP contribution in [0.1, 0.15) is 18.2 Å². The van der Waals surface area contributed by atoms with E-state index in [-0.39, 0.29) is 6.04 Å². The van der Waals surface area contributed by atoms with Crippen LogP contribution >= 0.6 is 0 Å². The molecule has 2 heterocycles. The molecule has 1 aromatic heterocycles. The largest absolute Gasteiger partial charge is 0.481 e. The van der Waals surface area contributed by atoms with Crippen LogP contribution in [0.25, 0.3) is 0 Å². The van der Waals surface area contributed by atoms with Gasteiger partial charge in [-0.2, -0.15) is 0 Å². The summed E-state index contributed by atoms with van der Waals surface area (Å²) >= 11 is 0. The van der Waals surface area contributed by atoms with Crippen molar-refractivity contribution in [2.45, 2.75) is 12.5 Å². The Balaban J connectivity index is 2.13. The molecule has 1 saturated heterocycles. The third-order valence-electron chi connectivity index (χ3n) is 2.69. The van der Waals surface area contributed by atoms with E-state index in [9.17, 15) is 0 Å². The molecule has 2 atom stereocenters. The van der Waals surface area contributed by atoms with Crippen LogP contribution < -0.4 is 10.5 Å². The maximum Gasteiger partial charge on any atom is 0.216 e. The Morgan fingerprint density at radius 1 is 1.60 bits per heavy atom. The summed E-state index contributed by atoms with van der Waals surface area (Å²) in [7, 11) is 1.58. The molecule has 0 bridgehead atoms. The molecule has 2 rings (SSSR count). The van der Waals surface area contributed by atoms with E-state index >= 15 is 0 Å². The lowest BCUT2D eigenvalue weighted by molar-refractivity contribution is 0.180. The molecule has 0 spiro atoms. The minimum absolute atomic E-state index is 0.0931. The van der Waals surface area contributed by atoms with E-state index in [1.807, 2.05) is 0 Å². The van der Waals surface area contributed by atoms with Gasteiger partial charge in [0, 0.05) is 18.6 Å². The second-order valence-corrected chi connectivity index (χ2v) is 3.63. The molecule has 0 aliphatic carbocycles. The minimum Gasteiger partial charge on any atom is -0.481 e. The van der Waals surface area contributed by atoms with Crippen LogP contribution in [0.4, 0.5) is 0 Å². The molecule has 5 heteroatoms. The number of ether oxygens (including phenoxy) is 2. The Hall–Kier alpha value is -1.20. The fourth-order valence-corrected chi connectivity index (χ4v) is 1.72. The average molecular weight is 209 g/mol. The van der Waals surface area contributed by atoms with Crippen LogP contribution in [-0.4, -0.2) is 30.3 Å². The summed E-state index contributed by atoms with van der Waals surface area (Å²) in [5.41, 5.74) is 6.92. The van der Waals surface area contributed by atoms with Gasteiger partial charge >= 0.3 is 0 Å². The summed E-state index contributed by atoms with van der Waals surface area (Å²) in [6.45, 7) is 1.51. The van der Waals surface area contributed by atoms with Gasteiger partial charge in [-0.1, -0.05) is 0 Å². The molecule has 1 aliphatic heterocycles. The Labute approximate surface area is 88.6 Å². The highest BCUT2D eigenvalue weighted by atomic mass is 16.5. The molecule has 0 saturated carbocycles. The predicted octanol–water partition coefficient (Wildman–Crippen LogP) is 0.521. The molecule has 2 N–H and O–H groups in total. The summed E-state index contributed by atoms with van der Waals surface area (Å²) < 4.78 is 10.3. The first-order chi connectivity index (χ1) is 7.31. The average Bonchev–Trinajstić information content (AvgIpc) is 2.81. The molecule has 15 heavy (non-hydrogen) atoms. The summed E-state index contributed by atoms with van der Waals surface area (Å²) in [5.74, 6) is 0.902. The zero-order valence-electron chi connectivity index (χ0n) is 8.72. The van der Waals surface area contributed by atoms with Gasteiger partial charge in [0.15, 0.2) is 0 Å². The molecule has 0 radical (unpaired) electrons. The van der Waals surface area contributed by atoms with Gasteiger partial charge in [0.05, 0.1) is 25.5 Å². The van der Waals surface area contributed by atoms with Crippen LogP contribution in [0, 0.1) is 5.92 Å². The number of rotatable bonds is 3. The minimum atomic E-state index is -0.0931. The second-order valence-electron chi connectivity index (χ2n) is 3.63. The van der Waals surface area contributed by atoms with Gasteiger partial charge < -0.3 is 15.2 Å². The van der Waals surface area contributed by atoms with Crippen LogP contribution in [0.5, 0.6) is 5.88 Å². The lowest BCUT2D eigenvalue weighted by atomic mass is 9.97. The fraction of sp³-hybridized carbons (Fsp3) is 0.600. The Kier molecular flexibility index (Phi) is 3.13. The van der Waals surface area contributed by atoms with E-state index in [4.69, 9.17) is 15.2 Å². The van der Waals surface area contributed by atoms with Crippen molar-refractivity contribution in [2.24, 2.45) is 11.7 Å². The van der Waals surface area contributed by atoms with Gasteiger partial charge in [-0.15, -0.1) is 0 Å². The van der Waals surface area contributed by atoms with Crippen molar-refractivity contribution in [3.8, 4) is 5.88 Å². The van der Waals surface area contributed by atoms with Gasteiger partial charge in [-0.3, -0.25) is 0 Å². The van der Waals surface area contributed by atoms with E-state index in [1.54, 1.807) is 13.2 Å². The number of hydrogen-bond acceptors (Lipinski definition) is 5. The molecule has 1 fully saturated rings. The summed E-state index contributed by atoms with van der Waals surface area (Å²) in [6, 6.07) is 1.69. The maximum atomic E-state index is 6.10. The lowest BCUT2D eigenvalue weighted by Crippen LogP contribution is -2.22. The smallest absolute Gasteiger partial charge is 0.216 e. The lowest BCUT2D eigenvalue weighted by Gasteiger charge is -2.16. The zero-order chi connectivity index (χ0) is 10.7. The van der Waals surface area contributed by atoms with Crippen molar-refractivity contribution in [2.75, 3.05) is 20.3 Å². The molecule has 82 valence electrons. The summed E-state index contributed by atoms with van der Waals surface area (Å²) in [6.07, 6.45) is 2.47. The second kappa shape index (κ2) is 4.55. The molecule has 0 amide bonds. The molecular weight excluding hydrogens is 194 g/mol. The predicted molar refractivity (Wildman–Crippen MR) is 54.4 cm³/mol. The van der Waals surface area contributed by atoms with Crippen molar-refractivity contribution < 1.29 is 9.47 Å². The first kappa shape index (κ1) is 10.3. The van der Waals surface area contributed by atoms with E-state index in [0.717, 1.165) is 18.7 Å². The van der Waals surface area contributed by atoms with Gasteiger partial charge in [-0.05, 0) is 6.42 Å². The number of hydrogen-bond donors (Lipinski definition) is 1. The third-order valence-corrected chi connectivity index (χ3v) is 2.69. The highest BCUT2D eigenvalue weighted by Crippen LogP contribution is 2.26. The maximum absolute atomic E-state index is 6.10. The highest BCUT2D eigenvalue weighted by Gasteiger charge is 2.25. The highest BCUT2D eigenvalue weighted by molar-refractivity contribution is 5.17. The molecule has 0 aromatic carbocycles. The number of aromatic nitrogens is 2. The zero-order valence-corrected chi connectivity index (χ0v) is 8.72. The van der Waals surface area contributed by atoms with Crippen LogP contribution in [0.3, 0.4) is 0 Å². The van der Waals surface area contributed by atoms with Crippen LogP contribution in [0.15, 0.2) is 12.4 Å². The Morgan fingerprint density at radius 2 is 2.47 bits per heavy atom. The molecule has 1 aliphatic rings. The quantitative estimate of drug-likeness (QED) is 0.786. The van der Waals surface area contributed by atoms with Crippen molar-refractivity contribution in [3.05, 3.63) is 18.1 Å². The van der Waals surface area contributed by atoms with Crippen molar-refractivity contribution in [1.29, 1.82) is 0 Å². The van der Waals surface area contributed by atoms with E-state index in [2.05, 4.69) is 9.97 Å². The van der Waals surface area contributed by atoms with Gasteiger partial charge in [0.1, 0.15) is 6.33 Å². The topological polar surface area (TPSA) is 70.3 Å². The monoisotopic (exact) mass is 209 g/mol. The first-order valence-corrected chi connectivity index (χ1v) is 5.00. The van der Waals surface area contributed by atoms with Gasteiger partial charge in [-0.25, -0.2) is 9.97 Å².